The number of nitro groups is 3. The Morgan fingerprint density at radius 1 is 0.593 bits per heavy atom. The Bertz CT molecular complexity index is 607. The number of nitrogens with one attached hydrogen (secondary N) is 3. The second kappa shape index (κ2) is 10.1. The van der Waals surface area contributed by atoms with Gasteiger partial charge in [-0.2, -0.15) is 0 Å². The fourth-order valence-electron chi connectivity index (χ4n) is 2.51. The topological polar surface area (TPSA) is 166 Å². The third kappa shape index (κ3) is 4.92. The zero-order valence-corrected chi connectivity index (χ0v) is 15.5. The number of hydrogen-bond donors (Lipinski definition) is 3. The molecule has 0 aromatic heterocycles. The molecule has 1 rings (SSSR count). The molecule has 0 aliphatic rings. The number of anilines is 3. The minimum atomic E-state index is -0.834. The second-order valence-electron chi connectivity index (χ2n) is 5.72. The normalized spacial score (nSPS) is 10.3. The maximum Gasteiger partial charge on any atom is 0.329 e. The van der Waals surface area contributed by atoms with Crippen LogP contribution in [0.3, 0.4) is 0 Å². The van der Waals surface area contributed by atoms with Crippen molar-refractivity contribution in [3.8, 4) is 0 Å². The molecule has 12 nitrogen and oxygen atoms in total. The van der Waals surface area contributed by atoms with E-state index in [4.69, 9.17) is 0 Å². The molecule has 0 atom stereocenters. The Hall–Kier alpha value is -3.18. The standard InChI is InChI=1S/C15H24N6O6/c1-4-7-16-10-13(19(22)23)11(17-8-5-2)15(21(26)27)12(18-9-6-3)14(10)20(24)25/h16-18H,4-9H2,1-3H3. The summed E-state index contributed by atoms with van der Waals surface area (Å²) in [5, 5.41) is 43.2. The van der Waals surface area contributed by atoms with Crippen LogP contribution in [-0.2, 0) is 0 Å². The lowest BCUT2D eigenvalue weighted by Crippen LogP contribution is -2.15. The molecule has 0 amide bonds. The summed E-state index contributed by atoms with van der Waals surface area (Å²) in [4.78, 5) is 32.6. The first-order valence-electron chi connectivity index (χ1n) is 8.70. The molecular formula is C15H24N6O6. The van der Waals surface area contributed by atoms with Crippen molar-refractivity contribution in [1.82, 2.24) is 0 Å². The van der Waals surface area contributed by atoms with Crippen LogP contribution in [0.25, 0.3) is 0 Å². The van der Waals surface area contributed by atoms with Crippen molar-refractivity contribution >= 4 is 34.1 Å². The van der Waals surface area contributed by atoms with E-state index in [9.17, 15) is 30.3 Å². The van der Waals surface area contributed by atoms with Crippen LogP contribution in [0.2, 0.25) is 0 Å². The molecule has 0 spiro atoms. The molecule has 0 radical (unpaired) electrons. The lowest BCUT2D eigenvalue weighted by atomic mass is 10.1. The molecule has 0 saturated heterocycles. The number of nitrogens with zero attached hydrogens (tertiary/aromatic N) is 3. The largest absolute Gasteiger partial charge is 0.374 e. The monoisotopic (exact) mass is 384 g/mol. The van der Waals surface area contributed by atoms with Crippen LogP contribution in [0.4, 0.5) is 34.1 Å². The van der Waals surface area contributed by atoms with E-state index >= 15 is 0 Å². The van der Waals surface area contributed by atoms with Gasteiger partial charge in [-0.15, -0.1) is 0 Å². The molecule has 0 saturated carbocycles. The van der Waals surface area contributed by atoms with Gasteiger partial charge in [0.25, 0.3) is 0 Å². The van der Waals surface area contributed by atoms with Crippen molar-refractivity contribution in [2.24, 2.45) is 0 Å². The van der Waals surface area contributed by atoms with E-state index in [0.717, 1.165) is 0 Å². The van der Waals surface area contributed by atoms with Gasteiger partial charge < -0.3 is 16.0 Å². The van der Waals surface area contributed by atoms with Gasteiger partial charge in [-0.05, 0) is 19.3 Å². The van der Waals surface area contributed by atoms with Crippen LogP contribution in [0, 0.1) is 30.3 Å². The van der Waals surface area contributed by atoms with Gasteiger partial charge in [0.2, 0.25) is 0 Å². The van der Waals surface area contributed by atoms with Crippen molar-refractivity contribution < 1.29 is 14.8 Å². The third-order valence-corrected chi connectivity index (χ3v) is 3.62. The Morgan fingerprint density at radius 3 is 0.963 bits per heavy atom. The first-order chi connectivity index (χ1) is 12.8. The van der Waals surface area contributed by atoms with E-state index in [1.54, 1.807) is 20.8 Å². The highest BCUT2D eigenvalue weighted by Gasteiger charge is 2.42. The van der Waals surface area contributed by atoms with Gasteiger partial charge in [-0.1, -0.05) is 20.8 Å². The average molecular weight is 384 g/mol. The molecule has 27 heavy (non-hydrogen) atoms. The SMILES string of the molecule is CCCNc1c([N+](=O)[O-])c(NCCC)c([N+](=O)[O-])c(NCCC)c1[N+](=O)[O-]. The predicted molar refractivity (Wildman–Crippen MR) is 103 cm³/mol. The number of rotatable bonds is 12. The van der Waals surface area contributed by atoms with E-state index in [1.165, 1.54) is 0 Å². The molecule has 150 valence electrons. The van der Waals surface area contributed by atoms with Gasteiger partial charge >= 0.3 is 17.1 Å². The van der Waals surface area contributed by atoms with Gasteiger partial charge in [-0.25, -0.2) is 0 Å². The summed E-state index contributed by atoms with van der Waals surface area (Å²) >= 11 is 0. The summed E-state index contributed by atoms with van der Waals surface area (Å²) in [7, 11) is 0. The van der Waals surface area contributed by atoms with E-state index in [1.807, 2.05) is 0 Å². The number of nitro benzene ring substituents is 3. The van der Waals surface area contributed by atoms with E-state index in [-0.39, 0.29) is 36.7 Å². The highest BCUT2D eigenvalue weighted by atomic mass is 16.6. The minimum absolute atomic E-state index is 0.236. The third-order valence-electron chi connectivity index (χ3n) is 3.62. The first kappa shape index (κ1) is 21.9. The van der Waals surface area contributed by atoms with Crippen LogP contribution < -0.4 is 16.0 Å². The fourth-order valence-corrected chi connectivity index (χ4v) is 2.51. The zero-order valence-electron chi connectivity index (χ0n) is 15.5. The maximum atomic E-state index is 11.7. The first-order valence-corrected chi connectivity index (χ1v) is 8.70. The molecule has 0 heterocycles. The lowest BCUT2D eigenvalue weighted by molar-refractivity contribution is -0.399. The van der Waals surface area contributed by atoms with Gasteiger partial charge in [0, 0.05) is 19.6 Å². The number of benzene rings is 1. The van der Waals surface area contributed by atoms with E-state index in [2.05, 4.69) is 16.0 Å². The maximum absolute atomic E-state index is 11.7. The van der Waals surface area contributed by atoms with Gasteiger partial charge in [0.15, 0.2) is 17.1 Å². The van der Waals surface area contributed by atoms with Crippen molar-refractivity contribution in [1.29, 1.82) is 0 Å². The molecule has 0 bridgehead atoms. The summed E-state index contributed by atoms with van der Waals surface area (Å²) in [5.41, 5.74) is -3.11. The Kier molecular flexibility index (Phi) is 8.17. The molecule has 3 N–H and O–H groups in total. The molecule has 0 aliphatic carbocycles. The molecule has 12 heteroatoms. The summed E-state index contributed by atoms with van der Waals surface area (Å²) < 4.78 is 0. The van der Waals surface area contributed by atoms with Gasteiger partial charge in [0.1, 0.15) is 0 Å². The van der Waals surface area contributed by atoms with Crippen molar-refractivity contribution in [2.75, 3.05) is 35.6 Å². The molecule has 0 unspecified atom stereocenters. The van der Waals surface area contributed by atoms with E-state index in [0.29, 0.717) is 19.3 Å². The molecule has 1 aromatic rings. The lowest BCUT2D eigenvalue weighted by Gasteiger charge is -2.16. The van der Waals surface area contributed by atoms with Crippen LogP contribution in [-0.4, -0.2) is 34.4 Å². The summed E-state index contributed by atoms with van der Waals surface area (Å²) in [5.74, 6) is 0. The Labute approximate surface area is 155 Å². The molecule has 0 aliphatic heterocycles. The van der Waals surface area contributed by atoms with Crippen molar-refractivity contribution in [3.05, 3.63) is 30.3 Å². The minimum Gasteiger partial charge on any atom is -0.374 e. The smallest absolute Gasteiger partial charge is 0.329 e. The van der Waals surface area contributed by atoms with Gasteiger partial charge in [-0.3, -0.25) is 30.3 Å². The summed E-state index contributed by atoms with van der Waals surface area (Å²) in [6.45, 7) is 6.09. The van der Waals surface area contributed by atoms with Crippen LogP contribution >= 0.6 is 0 Å². The van der Waals surface area contributed by atoms with Crippen LogP contribution in [0.1, 0.15) is 40.0 Å². The average Bonchev–Trinajstić information content (AvgIpc) is 2.60. The number of hydrogen-bond acceptors (Lipinski definition) is 9. The molecule has 0 fully saturated rings. The van der Waals surface area contributed by atoms with Gasteiger partial charge in [0.05, 0.1) is 14.8 Å². The Morgan fingerprint density at radius 2 is 0.815 bits per heavy atom. The zero-order chi connectivity index (χ0) is 20.6. The Balaban J connectivity index is 3.99. The molecule has 1 aromatic carbocycles. The van der Waals surface area contributed by atoms with Crippen molar-refractivity contribution in [3.63, 3.8) is 0 Å². The highest BCUT2D eigenvalue weighted by molar-refractivity contribution is 6.00. The van der Waals surface area contributed by atoms with Crippen LogP contribution in [0.15, 0.2) is 0 Å². The quantitative estimate of drug-likeness (QED) is 0.358. The summed E-state index contributed by atoms with van der Waals surface area (Å²) in [6.07, 6.45) is 1.67. The van der Waals surface area contributed by atoms with E-state index < -0.39 is 31.8 Å². The second-order valence-corrected chi connectivity index (χ2v) is 5.72. The van der Waals surface area contributed by atoms with Crippen LogP contribution in [0.5, 0.6) is 0 Å². The fraction of sp³-hybridized carbons (Fsp3) is 0.600. The highest BCUT2D eigenvalue weighted by Crippen LogP contribution is 2.52. The predicted octanol–water partition coefficient (Wildman–Crippen LogP) is 3.88. The summed E-state index contributed by atoms with van der Waals surface area (Å²) in [6, 6.07) is 0. The van der Waals surface area contributed by atoms with Crippen molar-refractivity contribution in [2.45, 2.75) is 40.0 Å². The molecular weight excluding hydrogens is 360 g/mol.